The Balaban J connectivity index is 1.47. The summed E-state index contributed by atoms with van der Waals surface area (Å²) in [6.45, 7) is 0.405. The van der Waals surface area contributed by atoms with Crippen molar-refractivity contribution in [2.45, 2.75) is 37.8 Å². The number of rotatable bonds is 4. The third-order valence-corrected chi connectivity index (χ3v) is 5.75. The molecule has 0 amide bonds. The number of nitriles is 1. The number of aliphatic hydroxyl groups is 1. The number of pyridine rings is 1. The molecule has 0 atom stereocenters. The molecule has 2 aliphatic rings. The van der Waals surface area contributed by atoms with Crippen LogP contribution in [-0.2, 0) is 12.1 Å². The zero-order valence-corrected chi connectivity index (χ0v) is 16.9. The molecular formula is C22H22N8O. The third-order valence-electron chi connectivity index (χ3n) is 5.75. The minimum atomic E-state index is -0.845. The van der Waals surface area contributed by atoms with Gasteiger partial charge >= 0.3 is 0 Å². The molecule has 1 aliphatic heterocycles. The SMILES string of the molecule is N#Cc1cccc(N2NN(Cc3cccc(C4(O)CCCC4)n3)c3nc(N)ncc32)c1. The van der Waals surface area contributed by atoms with Gasteiger partial charge in [-0.3, -0.25) is 15.0 Å². The maximum Gasteiger partial charge on any atom is 0.222 e. The Bertz CT molecular complexity index is 1170. The van der Waals surface area contributed by atoms with Crippen molar-refractivity contribution in [1.82, 2.24) is 20.5 Å². The van der Waals surface area contributed by atoms with E-state index in [4.69, 9.17) is 10.7 Å². The third kappa shape index (κ3) is 3.52. The van der Waals surface area contributed by atoms with Gasteiger partial charge in [-0.1, -0.05) is 25.0 Å². The molecule has 1 saturated carbocycles. The van der Waals surface area contributed by atoms with Crippen LogP contribution in [0, 0.1) is 11.3 Å². The molecule has 1 fully saturated rings. The average molecular weight is 414 g/mol. The van der Waals surface area contributed by atoms with Crippen molar-refractivity contribution in [2.75, 3.05) is 15.8 Å². The lowest BCUT2D eigenvalue weighted by Gasteiger charge is -2.24. The van der Waals surface area contributed by atoms with Crippen molar-refractivity contribution in [3.05, 3.63) is 65.6 Å². The molecule has 0 saturated heterocycles. The first kappa shape index (κ1) is 19.2. The number of benzene rings is 1. The maximum absolute atomic E-state index is 10.9. The molecular weight excluding hydrogens is 392 g/mol. The van der Waals surface area contributed by atoms with Crippen LogP contribution >= 0.6 is 0 Å². The van der Waals surface area contributed by atoms with Crippen molar-refractivity contribution >= 4 is 23.1 Å². The average Bonchev–Trinajstić information content (AvgIpc) is 3.39. The summed E-state index contributed by atoms with van der Waals surface area (Å²) in [6, 6.07) is 15.1. The first-order chi connectivity index (χ1) is 15.1. The van der Waals surface area contributed by atoms with Crippen LogP contribution in [0.25, 0.3) is 0 Å². The largest absolute Gasteiger partial charge is 0.384 e. The van der Waals surface area contributed by atoms with E-state index in [1.807, 2.05) is 40.3 Å². The predicted molar refractivity (Wildman–Crippen MR) is 116 cm³/mol. The number of aromatic nitrogens is 3. The first-order valence-corrected chi connectivity index (χ1v) is 10.2. The standard InChI is InChI=1S/C22H22N8O/c23-12-15-5-3-7-17(11-15)30-18-13-25-21(24)27-20(18)29(28-30)14-16-6-4-8-19(26-16)22(31)9-1-2-10-22/h3-8,11,13,28,31H,1-2,9-10,14H2,(H2,24,25,27). The number of nitrogen functional groups attached to an aromatic ring is 1. The van der Waals surface area contributed by atoms with Gasteiger partial charge in [0, 0.05) is 0 Å². The van der Waals surface area contributed by atoms with Crippen LogP contribution in [0.5, 0.6) is 0 Å². The fraction of sp³-hybridized carbons (Fsp3) is 0.273. The number of nitrogens with one attached hydrogen (secondary N) is 1. The second-order valence-corrected chi connectivity index (χ2v) is 7.87. The minimum Gasteiger partial charge on any atom is -0.384 e. The predicted octanol–water partition coefficient (Wildman–Crippen LogP) is 2.66. The van der Waals surface area contributed by atoms with Crippen molar-refractivity contribution in [3.8, 4) is 6.07 Å². The van der Waals surface area contributed by atoms with E-state index in [0.717, 1.165) is 42.8 Å². The molecule has 9 nitrogen and oxygen atoms in total. The molecule has 0 unspecified atom stereocenters. The molecule has 3 aromatic rings. The van der Waals surface area contributed by atoms with Crippen molar-refractivity contribution in [1.29, 1.82) is 5.26 Å². The Morgan fingerprint density at radius 2 is 1.97 bits per heavy atom. The van der Waals surface area contributed by atoms with E-state index in [2.05, 4.69) is 21.6 Å². The molecule has 156 valence electrons. The second kappa shape index (κ2) is 7.50. The summed E-state index contributed by atoms with van der Waals surface area (Å²) in [4.78, 5) is 13.3. The van der Waals surface area contributed by atoms with Crippen LogP contribution in [-0.4, -0.2) is 20.1 Å². The van der Waals surface area contributed by atoms with Gasteiger partial charge in [0.2, 0.25) is 5.95 Å². The molecule has 31 heavy (non-hydrogen) atoms. The van der Waals surface area contributed by atoms with E-state index in [-0.39, 0.29) is 5.95 Å². The van der Waals surface area contributed by atoms with Crippen LogP contribution in [0.4, 0.5) is 23.1 Å². The Hall–Kier alpha value is -3.74. The molecule has 2 aromatic heterocycles. The molecule has 1 aliphatic carbocycles. The van der Waals surface area contributed by atoms with Gasteiger partial charge in [-0.2, -0.15) is 10.2 Å². The summed E-state index contributed by atoms with van der Waals surface area (Å²) in [6.07, 6.45) is 5.14. The quantitative estimate of drug-likeness (QED) is 0.590. The Kier molecular flexibility index (Phi) is 4.66. The summed E-state index contributed by atoms with van der Waals surface area (Å²) in [5, 5.41) is 23.8. The first-order valence-electron chi connectivity index (χ1n) is 10.2. The molecule has 4 N–H and O–H groups in total. The topological polar surface area (TPSA) is 127 Å². The van der Waals surface area contributed by atoms with E-state index >= 15 is 0 Å². The van der Waals surface area contributed by atoms with Gasteiger partial charge in [-0.05, 0) is 43.2 Å². The van der Waals surface area contributed by atoms with Crippen LogP contribution in [0.2, 0.25) is 0 Å². The summed E-state index contributed by atoms with van der Waals surface area (Å²) in [5.74, 6) is 0.779. The zero-order chi connectivity index (χ0) is 21.4. The number of nitrogens with zero attached hydrogens (tertiary/aromatic N) is 6. The maximum atomic E-state index is 10.9. The number of anilines is 4. The Labute approximate surface area is 179 Å². The smallest absolute Gasteiger partial charge is 0.222 e. The Morgan fingerprint density at radius 3 is 2.77 bits per heavy atom. The van der Waals surface area contributed by atoms with Gasteiger partial charge in [0.15, 0.2) is 5.82 Å². The van der Waals surface area contributed by atoms with Crippen molar-refractivity contribution < 1.29 is 5.11 Å². The summed E-state index contributed by atoms with van der Waals surface area (Å²) < 4.78 is 0. The van der Waals surface area contributed by atoms with Gasteiger partial charge in [0.05, 0.1) is 41.4 Å². The minimum absolute atomic E-state index is 0.167. The molecule has 5 rings (SSSR count). The highest BCUT2D eigenvalue weighted by Gasteiger charge is 2.35. The van der Waals surface area contributed by atoms with Gasteiger partial charge in [0.1, 0.15) is 11.3 Å². The fourth-order valence-electron chi connectivity index (χ4n) is 4.18. The van der Waals surface area contributed by atoms with Crippen LogP contribution < -0.4 is 21.3 Å². The summed E-state index contributed by atoms with van der Waals surface area (Å²) >= 11 is 0. The number of fused-ring (bicyclic) bond motifs is 1. The molecule has 1 aromatic carbocycles. The lowest BCUT2D eigenvalue weighted by Crippen LogP contribution is -2.41. The van der Waals surface area contributed by atoms with E-state index < -0.39 is 5.60 Å². The fourth-order valence-corrected chi connectivity index (χ4v) is 4.18. The molecule has 0 radical (unpaired) electrons. The van der Waals surface area contributed by atoms with E-state index in [9.17, 15) is 10.4 Å². The van der Waals surface area contributed by atoms with Crippen molar-refractivity contribution in [3.63, 3.8) is 0 Å². The molecule has 0 spiro atoms. The van der Waals surface area contributed by atoms with E-state index in [0.29, 0.717) is 23.6 Å². The molecule has 3 heterocycles. The number of hydrogen-bond donors (Lipinski definition) is 3. The highest BCUT2D eigenvalue weighted by molar-refractivity contribution is 5.78. The van der Waals surface area contributed by atoms with Gasteiger partial charge in [-0.15, -0.1) is 5.53 Å². The van der Waals surface area contributed by atoms with E-state index in [1.54, 1.807) is 18.3 Å². The highest BCUT2D eigenvalue weighted by atomic mass is 16.3. The zero-order valence-electron chi connectivity index (χ0n) is 16.9. The van der Waals surface area contributed by atoms with Crippen LogP contribution in [0.15, 0.2) is 48.7 Å². The Morgan fingerprint density at radius 1 is 1.16 bits per heavy atom. The van der Waals surface area contributed by atoms with Gasteiger partial charge < -0.3 is 10.8 Å². The van der Waals surface area contributed by atoms with Crippen LogP contribution in [0.3, 0.4) is 0 Å². The summed E-state index contributed by atoms with van der Waals surface area (Å²) in [5.41, 5.74) is 11.9. The van der Waals surface area contributed by atoms with Crippen molar-refractivity contribution in [2.24, 2.45) is 0 Å². The second-order valence-electron chi connectivity index (χ2n) is 7.87. The number of hydrogen-bond acceptors (Lipinski definition) is 9. The number of nitrogens with two attached hydrogens (primary N) is 1. The van der Waals surface area contributed by atoms with Gasteiger partial charge in [0.25, 0.3) is 0 Å². The molecule has 0 bridgehead atoms. The lowest BCUT2D eigenvalue weighted by molar-refractivity contribution is 0.0397. The lowest BCUT2D eigenvalue weighted by atomic mass is 9.97. The molecule has 9 heteroatoms. The van der Waals surface area contributed by atoms with E-state index in [1.165, 1.54) is 0 Å². The van der Waals surface area contributed by atoms with Gasteiger partial charge in [-0.25, -0.2) is 4.98 Å². The number of hydrazine groups is 2. The monoisotopic (exact) mass is 414 g/mol. The van der Waals surface area contributed by atoms with Crippen LogP contribution in [0.1, 0.15) is 42.6 Å². The highest BCUT2D eigenvalue weighted by Crippen LogP contribution is 2.39. The normalized spacial score (nSPS) is 16.9. The summed E-state index contributed by atoms with van der Waals surface area (Å²) in [7, 11) is 0.